The molecule has 2 aliphatic rings. The van der Waals surface area contributed by atoms with Crippen LogP contribution in [0.25, 0.3) is 0 Å². The largest absolute Gasteiger partial charge is 0.457 e. The van der Waals surface area contributed by atoms with E-state index in [1.165, 1.54) is 102 Å². The van der Waals surface area contributed by atoms with Crippen LogP contribution in [0.3, 0.4) is 0 Å². The van der Waals surface area contributed by atoms with Gasteiger partial charge in [0, 0.05) is 0 Å². The van der Waals surface area contributed by atoms with Crippen LogP contribution in [0, 0.1) is 23.7 Å². The molecule has 1 atom stereocenters. The molecule has 1 nitrogen and oxygen atoms in total. The molecule has 1 aromatic rings. The maximum absolute atomic E-state index is 13.0. The molecule has 2 aliphatic carbocycles. The number of rotatable bonds is 12. The van der Waals surface area contributed by atoms with Crippen LogP contribution >= 0.6 is 0 Å². The molecule has 0 spiro atoms. The van der Waals surface area contributed by atoms with Crippen LogP contribution in [0.4, 0.5) is 17.6 Å². The fraction of sp³-hybridized carbons (Fsp3) is 0.793. The summed E-state index contributed by atoms with van der Waals surface area (Å²) in [7, 11) is 0. The topological polar surface area (TPSA) is 9.23 Å². The molecule has 194 valence electrons. The Balaban J connectivity index is 1.29. The van der Waals surface area contributed by atoms with E-state index in [1.807, 2.05) is 0 Å². The molecule has 34 heavy (non-hydrogen) atoms. The van der Waals surface area contributed by atoms with Crippen molar-refractivity contribution in [3.63, 3.8) is 0 Å². The van der Waals surface area contributed by atoms with Gasteiger partial charge in [0.1, 0.15) is 5.75 Å². The van der Waals surface area contributed by atoms with Crippen molar-refractivity contribution in [2.45, 2.75) is 122 Å². The Morgan fingerprint density at radius 2 is 1.29 bits per heavy atom. The van der Waals surface area contributed by atoms with Crippen molar-refractivity contribution in [1.82, 2.24) is 0 Å². The van der Waals surface area contributed by atoms with Gasteiger partial charge in [-0.15, -0.1) is 0 Å². The molecular weight excluding hydrogens is 440 g/mol. The number of ether oxygens (including phenoxy) is 1. The first-order chi connectivity index (χ1) is 16.3. The summed E-state index contributed by atoms with van der Waals surface area (Å²) >= 11 is 0. The highest BCUT2D eigenvalue weighted by atomic mass is 19.4. The molecule has 0 aromatic heterocycles. The molecule has 0 amide bonds. The zero-order chi connectivity index (χ0) is 24.4. The first-order valence-electron chi connectivity index (χ1n) is 13.8. The van der Waals surface area contributed by atoms with Gasteiger partial charge in [-0.1, -0.05) is 83.3 Å². The van der Waals surface area contributed by atoms with Crippen molar-refractivity contribution in [2.75, 3.05) is 0 Å². The van der Waals surface area contributed by atoms with Crippen molar-refractivity contribution >= 4 is 0 Å². The number of benzene rings is 1. The lowest BCUT2D eigenvalue weighted by atomic mass is 9.68. The molecule has 0 N–H and O–H groups in total. The first kappa shape index (κ1) is 27.3. The number of halogens is 4. The zero-order valence-corrected chi connectivity index (χ0v) is 20.9. The highest BCUT2D eigenvalue weighted by Crippen LogP contribution is 2.43. The lowest BCUT2D eigenvalue weighted by Gasteiger charge is -2.38. The predicted octanol–water partition coefficient (Wildman–Crippen LogP) is 9.83. The van der Waals surface area contributed by atoms with Crippen molar-refractivity contribution < 1.29 is 22.3 Å². The minimum atomic E-state index is -5.00. The van der Waals surface area contributed by atoms with E-state index >= 15 is 0 Å². The third-order valence-corrected chi connectivity index (χ3v) is 8.43. The van der Waals surface area contributed by atoms with Gasteiger partial charge >= 0.3 is 12.5 Å². The summed E-state index contributed by atoms with van der Waals surface area (Å²) in [6, 6.07) is 6.39. The first-order valence-corrected chi connectivity index (χ1v) is 13.8. The molecule has 0 bridgehead atoms. The van der Waals surface area contributed by atoms with Gasteiger partial charge < -0.3 is 4.74 Å². The smallest absolute Gasteiger partial charge is 0.452 e. The lowest BCUT2D eigenvalue weighted by molar-refractivity contribution is -0.236. The molecule has 0 aliphatic heterocycles. The SMILES string of the molecule is CCCCCCC[C@H]1CC[C@H]([C@H]2CC[C@H](CCc3ccc(OC(F)C(F)(F)F)cc3)CC2)CC1. The summed E-state index contributed by atoms with van der Waals surface area (Å²) in [4.78, 5) is 0. The van der Waals surface area contributed by atoms with Crippen molar-refractivity contribution in [3.05, 3.63) is 29.8 Å². The van der Waals surface area contributed by atoms with Crippen molar-refractivity contribution in [3.8, 4) is 5.75 Å². The van der Waals surface area contributed by atoms with Gasteiger partial charge in [0.05, 0.1) is 0 Å². The van der Waals surface area contributed by atoms with Crippen LogP contribution < -0.4 is 4.74 Å². The van der Waals surface area contributed by atoms with Gasteiger partial charge in [-0.05, 0) is 79.9 Å². The standard InChI is InChI=1S/C29H44F4O/c1-2-3-4-5-6-7-22-10-16-25(17-11-22)26-18-12-23(13-19-26)8-9-24-14-20-27(21-15-24)34-28(30)29(31,32)33/h14-15,20-23,25-26,28H,2-13,16-19H2,1H3/t22-,23-,25-,26-,28?. The summed E-state index contributed by atoms with van der Waals surface area (Å²) in [6.45, 7) is 2.28. The average Bonchev–Trinajstić information content (AvgIpc) is 2.84. The summed E-state index contributed by atoms with van der Waals surface area (Å²) in [5, 5.41) is 0. The van der Waals surface area contributed by atoms with E-state index in [1.54, 1.807) is 12.1 Å². The normalized spacial score (nSPS) is 26.9. The Kier molecular flexibility index (Phi) is 11.0. The number of unbranched alkanes of at least 4 members (excludes halogenated alkanes) is 4. The minimum absolute atomic E-state index is 0.0831. The third kappa shape index (κ3) is 9.07. The van der Waals surface area contributed by atoms with Crippen molar-refractivity contribution in [1.29, 1.82) is 0 Å². The van der Waals surface area contributed by atoms with Gasteiger partial charge in [-0.25, -0.2) is 0 Å². The Labute approximate surface area is 204 Å². The summed E-state index contributed by atoms with van der Waals surface area (Å²) < 4.78 is 54.2. The van der Waals surface area contributed by atoms with Crippen LogP contribution in [0.1, 0.15) is 109 Å². The highest BCUT2D eigenvalue weighted by molar-refractivity contribution is 5.27. The number of hydrogen-bond acceptors (Lipinski definition) is 1. The Hall–Kier alpha value is -1.26. The third-order valence-electron chi connectivity index (χ3n) is 8.43. The van der Waals surface area contributed by atoms with Gasteiger partial charge in [0.25, 0.3) is 0 Å². The molecule has 2 saturated carbocycles. The predicted molar refractivity (Wildman–Crippen MR) is 131 cm³/mol. The Bertz CT molecular complexity index is 670. The molecule has 0 heterocycles. The van der Waals surface area contributed by atoms with Gasteiger partial charge in [0.15, 0.2) is 0 Å². The Morgan fingerprint density at radius 3 is 1.82 bits per heavy atom. The fourth-order valence-electron chi connectivity index (χ4n) is 6.22. The van der Waals surface area contributed by atoms with Gasteiger partial charge in [0.2, 0.25) is 0 Å². The molecule has 1 unspecified atom stereocenters. The molecular formula is C29H44F4O. The van der Waals surface area contributed by atoms with Gasteiger partial charge in [-0.2, -0.15) is 17.6 Å². The lowest BCUT2D eigenvalue weighted by Crippen LogP contribution is -2.29. The van der Waals surface area contributed by atoms with Crippen molar-refractivity contribution in [2.24, 2.45) is 23.7 Å². The van der Waals surface area contributed by atoms with E-state index < -0.39 is 12.5 Å². The maximum Gasteiger partial charge on any atom is 0.457 e. The minimum Gasteiger partial charge on any atom is -0.452 e. The average molecular weight is 485 g/mol. The van der Waals surface area contributed by atoms with Crippen LogP contribution in [-0.4, -0.2) is 12.5 Å². The van der Waals surface area contributed by atoms with Crippen LogP contribution in [0.2, 0.25) is 0 Å². The van der Waals surface area contributed by atoms with Gasteiger partial charge in [-0.3, -0.25) is 0 Å². The van der Waals surface area contributed by atoms with E-state index in [4.69, 9.17) is 0 Å². The highest BCUT2D eigenvalue weighted by Gasteiger charge is 2.42. The molecule has 5 heteroatoms. The quantitative estimate of drug-likeness (QED) is 0.212. The Morgan fingerprint density at radius 1 is 0.765 bits per heavy atom. The second-order valence-electron chi connectivity index (χ2n) is 10.9. The van der Waals surface area contributed by atoms with E-state index in [2.05, 4.69) is 11.7 Å². The number of hydrogen-bond donors (Lipinski definition) is 0. The second-order valence-corrected chi connectivity index (χ2v) is 10.9. The fourth-order valence-corrected chi connectivity index (χ4v) is 6.22. The summed E-state index contributed by atoms with van der Waals surface area (Å²) in [6.07, 6.45) is 13.3. The van der Waals surface area contributed by atoms with E-state index in [9.17, 15) is 17.6 Å². The molecule has 3 rings (SSSR count). The van der Waals surface area contributed by atoms with Crippen LogP contribution in [-0.2, 0) is 6.42 Å². The molecule has 0 radical (unpaired) electrons. The van der Waals surface area contributed by atoms with E-state index in [0.717, 1.165) is 42.1 Å². The van der Waals surface area contributed by atoms with Crippen LogP contribution in [0.15, 0.2) is 24.3 Å². The maximum atomic E-state index is 13.0. The number of alkyl halides is 4. The molecule has 0 saturated heterocycles. The second kappa shape index (κ2) is 13.7. The van der Waals surface area contributed by atoms with E-state index in [0.29, 0.717) is 0 Å². The van der Waals surface area contributed by atoms with Crippen LogP contribution in [0.5, 0.6) is 5.75 Å². The summed E-state index contributed by atoms with van der Waals surface area (Å²) in [5.74, 6) is 3.50. The summed E-state index contributed by atoms with van der Waals surface area (Å²) in [5.41, 5.74) is 1.07. The monoisotopic (exact) mass is 484 g/mol. The molecule has 2 fully saturated rings. The molecule has 1 aromatic carbocycles. The van der Waals surface area contributed by atoms with E-state index in [-0.39, 0.29) is 5.75 Å². The number of aryl methyl sites for hydroxylation is 1. The zero-order valence-electron chi connectivity index (χ0n) is 20.9.